The number of ether oxygens (including phenoxy) is 1. The SMILES string of the molecule is CC.CC.COC(=O)c1cc(S(=O)(=O)Cl)nn1C(C)C. The molecule has 0 bridgehead atoms. The number of rotatable bonds is 3. The molecule has 1 aromatic rings. The van der Waals surface area contributed by atoms with E-state index < -0.39 is 15.0 Å². The first-order valence-corrected chi connectivity index (χ1v) is 8.71. The third kappa shape index (κ3) is 5.92. The number of esters is 1. The van der Waals surface area contributed by atoms with Crippen molar-refractivity contribution in [1.82, 2.24) is 9.78 Å². The van der Waals surface area contributed by atoms with Gasteiger partial charge >= 0.3 is 5.97 Å². The van der Waals surface area contributed by atoms with Gasteiger partial charge in [-0.3, -0.25) is 4.68 Å². The maximum atomic E-state index is 11.4. The van der Waals surface area contributed by atoms with Crippen LogP contribution < -0.4 is 0 Å². The zero-order valence-corrected chi connectivity index (χ0v) is 14.5. The van der Waals surface area contributed by atoms with Crippen LogP contribution in [0.1, 0.15) is 58.1 Å². The summed E-state index contributed by atoms with van der Waals surface area (Å²) in [6.07, 6.45) is 0. The number of carbonyl (C=O) groups excluding carboxylic acids is 1. The Bertz CT molecular complexity index is 510. The Balaban J connectivity index is 0. The van der Waals surface area contributed by atoms with Crippen LogP contribution in [0, 0.1) is 0 Å². The van der Waals surface area contributed by atoms with Gasteiger partial charge in [-0.1, -0.05) is 27.7 Å². The van der Waals surface area contributed by atoms with Gasteiger partial charge in [0.1, 0.15) is 5.69 Å². The third-order valence-corrected chi connectivity index (χ3v) is 3.02. The highest BCUT2D eigenvalue weighted by atomic mass is 35.7. The van der Waals surface area contributed by atoms with Crippen molar-refractivity contribution in [2.45, 2.75) is 52.6 Å². The number of aromatic nitrogens is 2. The molecule has 0 aliphatic rings. The Labute approximate surface area is 125 Å². The fraction of sp³-hybridized carbons (Fsp3) is 0.667. The van der Waals surface area contributed by atoms with E-state index in [1.165, 1.54) is 11.8 Å². The summed E-state index contributed by atoms with van der Waals surface area (Å²) in [6.45, 7) is 11.5. The Morgan fingerprint density at radius 3 is 2.05 bits per heavy atom. The van der Waals surface area contributed by atoms with Gasteiger partial charge in [0, 0.05) is 22.8 Å². The minimum Gasteiger partial charge on any atom is -0.464 e. The molecule has 0 fully saturated rings. The first-order valence-electron chi connectivity index (χ1n) is 6.40. The van der Waals surface area contributed by atoms with Gasteiger partial charge in [-0.25, -0.2) is 13.2 Å². The van der Waals surface area contributed by atoms with E-state index in [1.807, 2.05) is 27.7 Å². The second-order valence-electron chi connectivity index (χ2n) is 3.34. The quantitative estimate of drug-likeness (QED) is 0.629. The number of carbonyl (C=O) groups is 1. The molecule has 20 heavy (non-hydrogen) atoms. The molecule has 0 spiro atoms. The third-order valence-electron chi connectivity index (χ3n) is 1.85. The van der Waals surface area contributed by atoms with Crippen molar-refractivity contribution in [2.75, 3.05) is 7.11 Å². The molecule has 0 atom stereocenters. The standard InChI is InChI=1S/C8H11ClN2O4S.2C2H6/c1-5(2)11-6(8(12)15-3)4-7(10-11)16(9,13)14;2*1-2/h4-5H,1-3H3;2*1-2H3. The van der Waals surface area contributed by atoms with Gasteiger partial charge < -0.3 is 4.74 Å². The molecule has 6 nitrogen and oxygen atoms in total. The summed E-state index contributed by atoms with van der Waals surface area (Å²) in [6, 6.07) is 0.912. The van der Waals surface area contributed by atoms with Crippen LogP contribution in [0.4, 0.5) is 0 Å². The highest BCUT2D eigenvalue weighted by molar-refractivity contribution is 8.13. The summed E-state index contributed by atoms with van der Waals surface area (Å²) in [5.41, 5.74) is 0.0525. The molecule has 0 amide bonds. The predicted octanol–water partition coefficient (Wildman–Crippen LogP) is 3.23. The number of methoxy groups -OCH3 is 1. The summed E-state index contributed by atoms with van der Waals surface area (Å²) in [4.78, 5) is 11.4. The fourth-order valence-corrected chi connectivity index (χ4v) is 1.81. The van der Waals surface area contributed by atoms with E-state index in [0.29, 0.717) is 0 Å². The number of nitrogens with zero attached hydrogens (tertiary/aromatic N) is 2. The lowest BCUT2D eigenvalue weighted by molar-refractivity contribution is 0.0584. The van der Waals surface area contributed by atoms with Crippen molar-refractivity contribution in [3.8, 4) is 0 Å². The van der Waals surface area contributed by atoms with Gasteiger partial charge in [0.15, 0.2) is 5.03 Å². The average Bonchev–Trinajstić information content (AvgIpc) is 2.87. The van der Waals surface area contributed by atoms with E-state index in [9.17, 15) is 13.2 Å². The first-order chi connectivity index (χ1) is 9.27. The van der Waals surface area contributed by atoms with Gasteiger partial charge in [0.2, 0.25) is 0 Å². The van der Waals surface area contributed by atoms with Crippen molar-refractivity contribution >= 4 is 25.7 Å². The molecule has 118 valence electrons. The van der Waals surface area contributed by atoms with Crippen molar-refractivity contribution in [1.29, 1.82) is 0 Å². The molecular weight excluding hydrogens is 304 g/mol. The van der Waals surface area contributed by atoms with Crippen LogP contribution in [0.5, 0.6) is 0 Å². The van der Waals surface area contributed by atoms with E-state index in [4.69, 9.17) is 10.7 Å². The maximum absolute atomic E-state index is 11.4. The smallest absolute Gasteiger partial charge is 0.356 e. The molecule has 0 aliphatic heterocycles. The normalized spacial score (nSPS) is 10.1. The topological polar surface area (TPSA) is 78.3 Å². The highest BCUT2D eigenvalue weighted by Gasteiger charge is 2.23. The maximum Gasteiger partial charge on any atom is 0.356 e. The molecule has 0 N–H and O–H groups in total. The molecule has 1 heterocycles. The molecule has 0 saturated heterocycles. The number of hydrogen-bond acceptors (Lipinski definition) is 5. The van der Waals surface area contributed by atoms with Gasteiger partial charge in [-0.05, 0) is 13.8 Å². The van der Waals surface area contributed by atoms with Gasteiger partial charge in [-0.2, -0.15) is 5.10 Å². The van der Waals surface area contributed by atoms with E-state index in [-0.39, 0.29) is 16.8 Å². The highest BCUT2D eigenvalue weighted by Crippen LogP contribution is 2.18. The van der Waals surface area contributed by atoms with Gasteiger partial charge in [0.05, 0.1) is 7.11 Å². The zero-order valence-electron chi connectivity index (χ0n) is 13.0. The molecule has 0 aliphatic carbocycles. The summed E-state index contributed by atoms with van der Waals surface area (Å²) in [7, 11) is 2.40. The zero-order chi connectivity index (χ0) is 16.5. The van der Waals surface area contributed by atoms with Crippen LogP contribution in [-0.2, 0) is 13.8 Å². The molecule has 0 aromatic carbocycles. The van der Waals surface area contributed by atoms with Crippen molar-refractivity contribution in [3.63, 3.8) is 0 Å². The van der Waals surface area contributed by atoms with Crippen molar-refractivity contribution in [2.24, 2.45) is 0 Å². The largest absolute Gasteiger partial charge is 0.464 e. The first kappa shape index (κ1) is 21.2. The lowest BCUT2D eigenvalue weighted by Gasteiger charge is -2.08. The lowest BCUT2D eigenvalue weighted by Crippen LogP contribution is -2.13. The van der Waals surface area contributed by atoms with Crippen molar-refractivity contribution < 1.29 is 17.9 Å². The molecule has 1 aromatic heterocycles. The summed E-state index contributed by atoms with van der Waals surface area (Å²) in [5, 5.41) is 3.39. The minimum absolute atomic E-state index is 0.0525. The van der Waals surface area contributed by atoms with Crippen LogP contribution in [0.15, 0.2) is 11.1 Å². The van der Waals surface area contributed by atoms with E-state index in [0.717, 1.165) is 6.07 Å². The summed E-state index contributed by atoms with van der Waals surface area (Å²) in [5.74, 6) is -0.659. The van der Waals surface area contributed by atoms with Crippen LogP contribution >= 0.6 is 10.7 Å². The Hall–Kier alpha value is -1.08. The Kier molecular flexibility index (Phi) is 10.4. The molecule has 1 rings (SSSR count). The number of halogens is 1. The molecule has 0 radical (unpaired) electrons. The van der Waals surface area contributed by atoms with Crippen LogP contribution in [0.25, 0.3) is 0 Å². The molecule has 8 heteroatoms. The molecular formula is C12H23ClN2O4S. The van der Waals surface area contributed by atoms with Crippen LogP contribution in [0.3, 0.4) is 0 Å². The van der Waals surface area contributed by atoms with Crippen molar-refractivity contribution in [3.05, 3.63) is 11.8 Å². The second-order valence-corrected chi connectivity index (χ2v) is 5.85. The summed E-state index contributed by atoms with van der Waals surface area (Å²) < 4.78 is 27.9. The Morgan fingerprint density at radius 2 is 1.75 bits per heavy atom. The van der Waals surface area contributed by atoms with E-state index in [2.05, 4.69) is 9.84 Å². The monoisotopic (exact) mass is 326 g/mol. The molecule has 0 unspecified atom stereocenters. The summed E-state index contributed by atoms with van der Waals surface area (Å²) >= 11 is 0. The molecule has 0 saturated carbocycles. The predicted molar refractivity (Wildman–Crippen MR) is 79.7 cm³/mol. The van der Waals surface area contributed by atoms with E-state index in [1.54, 1.807) is 13.8 Å². The van der Waals surface area contributed by atoms with Crippen LogP contribution in [-0.4, -0.2) is 31.3 Å². The number of hydrogen-bond donors (Lipinski definition) is 0. The Morgan fingerprint density at radius 1 is 1.30 bits per heavy atom. The van der Waals surface area contributed by atoms with Gasteiger partial charge in [-0.15, -0.1) is 0 Å². The lowest BCUT2D eigenvalue weighted by atomic mass is 10.3. The fourth-order valence-electron chi connectivity index (χ4n) is 1.14. The van der Waals surface area contributed by atoms with Gasteiger partial charge in [0.25, 0.3) is 9.05 Å². The average molecular weight is 327 g/mol. The second kappa shape index (κ2) is 9.77. The van der Waals surface area contributed by atoms with E-state index >= 15 is 0 Å². The van der Waals surface area contributed by atoms with Crippen LogP contribution in [0.2, 0.25) is 0 Å². The minimum atomic E-state index is -3.95.